The number of thioether (sulfide) groups is 1. The van der Waals surface area contributed by atoms with Gasteiger partial charge in [0.1, 0.15) is 5.03 Å². The van der Waals surface area contributed by atoms with Crippen molar-refractivity contribution in [1.82, 2.24) is 15.5 Å². The van der Waals surface area contributed by atoms with Crippen molar-refractivity contribution in [3.8, 4) is 0 Å². The summed E-state index contributed by atoms with van der Waals surface area (Å²) in [4.78, 5) is 24.1. The predicted molar refractivity (Wildman–Crippen MR) is 103 cm³/mol. The Bertz CT molecular complexity index is 969. The van der Waals surface area contributed by atoms with Gasteiger partial charge in [0.15, 0.2) is 0 Å². The number of nitrogens with one attached hydrogen (secondary N) is 2. The number of urea groups is 1. The molecule has 0 atom stereocenters. The molecular formula is C19H18N4O2S. The van der Waals surface area contributed by atoms with Gasteiger partial charge in [-0.05, 0) is 25.5 Å². The van der Waals surface area contributed by atoms with Gasteiger partial charge in [-0.3, -0.25) is 10.1 Å². The predicted octanol–water partition coefficient (Wildman–Crippen LogP) is 3.69. The summed E-state index contributed by atoms with van der Waals surface area (Å²) in [5.74, 6) is -0.324. The zero-order valence-electron chi connectivity index (χ0n) is 14.4. The third-order valence-corrected chi connectivity index (χ3v) is 4.74. The van der Waals surface area contributed by atoms with E-state index in [-0.39, 0.29) is 5.75 Å². The first-order valence-corrected chi connectivity index (χ1v) is 9.03. The van der Waals surface area contributed by atoms with E-state index in [0.29, 0.717) is 10.7 Å². The zero-order chi connectivity index (χ0) is 18.5. The summed E-state index contributed by atoms with van der Waals surface area (Å²) in [6.45, 7) is 3.88. The highest BCUT2D eigenvalue weighted by atomic mass is 32.2. The molecule has 1 heterocycles. The lowest BCUT2D eigenvalue weighted by Gasteiger charge is -2.10. The van der Waals surface area contributed by atoms with Gasteiger partial charge in [0.25, 0.3) is 0 Å². The van der Waals surface area contributed by atoms with Crippen molar-refractivity contribution in [3.05, 3.63) is 59.8 Å². The molecule has 0 aliphatic heterocycles. The summed E-state index contributed by atoms with van der Waals surface area (Å²) in [6, 6.07) is 12.8. The third kappa shape index (κ3) is 4.37. The van der Waals surface area contributed by atoms with Crippen molar-refractivity contribution in [2.24, 2.45) is 0 Å². The summed E-state index contributed by atoms with van der Waals surface area (Å²) >= 11 is 1.25. The number of imide groups is 1. The number of anilines is 1. The molecule has 0 radical (unpaired) electrons. The number of carbonyl (C=O) groups excluding carboxylic acids is 2. The number of amides is 3. The Morgan fingerprint density at radius 1 is 1.12 bits per heavy atom. The van der Waals surface area contributed by atoms with E-state index in [2.05, 4.69) is 20.8 Å². The summed E-state index contributed by atoms with van der Waals surface area (Å²) < 4.78 is 0. The number of hydrogen-bond donors (Lipinski definition) is 2. The lowest BCUT2D eigenvalue weighted by molar-refractivity contribution is -0.117. The molecule has 3 rings (SSSR count). The second-order valence-corrected chi connectivity index (χ2v) is 6.81. The minimum Gasteiger partial charge on any atom is -0.307 e. The Balaban J connectivity index is 1.57. The maximum Gasteiger partial charge on any atom is 0.325 e. The Kier molecular flexibility index (Phi) is 5.48. The molecule has 0 aliphatic rings. The number of aryl methyl sites for hydroxylation is 2. The van der Waals surface area contributed by atoms with Gasteiger partial charge in [-0.2, -0.15) is 5.10 Å². The van der Waals surface area contributed by atoms with Crippen molar-refractivity contribution >= 4 is 40.2 Å². The van der Waals surface area contributed by atoms with Crippen LogP contribution in [0.15, 0.2) is 53.7 Å². The summed E-state index contributed by atoms with van der Waals surface area (Å²) in [5, 5.41) is 15.6. The van der Waals surface area contributed by atoms with Crippen molar-refractivity contribution in [1.29, 1.82) is 0 Å². The second kappa shape index (κ2) is 7.97. The monoisotopic (exact) mass is 366 g/mol. The van der Waals surface area contributed by atoms with Gasteiger partial charge in [0.2, 0.25) is 5.91 Å². The fourth-order valence-electron chi connectivity index (χ4n) is 2.51. The summed E-state index contributed by atoms with van der Waals surface area (Å²) in [7, 11) is 0. The van der Waals surface area contributed by atoms with E-state index < -0.39 is 11.9 Å². The Hall–Kier alpha value is -2.93. The quantitative estimate of drug-likeness (QED) is 0.688. The molecule has 0 bridgehead atoms. The highest BCUT2D eigenvalue weighted by Gasteiger charge is 2.11. The average Bonchev–Trinajstić information content (AvgIpc) is 2.62. The third-order valence-electron chi connectivity index (χ3n) is 3.76. The first-order chi connectivity index (χ1) is 12.5. The molecule has 0 saturated carbocycles. The van der Waals surface area contributed by atoms with E-state index >= 15 is 0 Å². The molecule has 26 heavy (non-hydrogen) atoms. The zero-order valence-corrected chi connectivity index (χ0v) is 15.3. The van der Waals surface area contributed by atoms with E-state index in [1.165, 1.54) is 11.8 Å². The van der Waals surface area contributed by atoms with Crippen LogP contribution in [0.5, 0.6) is 0 Å². The molecule has 132 valence electrons. The van der Waals surface area contributed by atoms with Gasteiger partial charge in [0, 0.05) is 16.5 Å². The van der Waals surface area contributed by atoms with Gasteiger partial charge in [-0.1, -0.05) is 53.7 Å². The number of nitrogens with zero attached hydrogens (tertiary/aromatic N) is 2. The van der Waals surface area contributed by atoms with Crippen LogP contribution >= 0.6 is 11.8 Å². The Morgan fingerprint density at radius 3 is 2.73 bits per heavy atom. The smallest absolute Gasteiger partial charge is 0.307 e. The molecule has 7 heteroatoms. The highest BCUT2D eigenvalue weighted by molar-refractivity contribution is 8.00. The van der Waals surface area contributed by atoms with E-state index in [1.54, 1.807) is 6.20 Å². The van der Waals surface area contributed by atoms with E-state index in [4.69, 9.17) is 0 Å². The largest absolute Gasteiger partial charge is 0.325 e. The second-order valence-electron chi connectivity index (χ2n) is 5.85. The lowest BCUT2D eigenvalue weighted by atomic mass is 10.1. The van der Waals surface area contributed by atoms with Gasteiger partial charge in [0.05, 0.1) is 11.9 Å². The molecular weight excluding hydrogens is 348 g/mol. The van der Waals surface area contributed by atoms with Crippen LogP contribution in [-0.4, -0.2) is 27.9 Å². The Morgan fingerprint density at radius 2 is 1.92 bits per heavy atom. The topological polar surface area (TPSA) is 84.0 Å². The van der Waals surface area contributed by atoms with Crippen molar-refractivity contribution in [2.45, 2.75) is 18.9 Å². The van der Waals surface area contributed by atoms with Crippen LogP contribution in [0.1, 0.15) is 11.1 Å². The molecule has 0 spiro atoms. The standard InChI is InChI=1S/C19H18N4O2S/c1-12-7-8-16(13(2)9-12)21-19(25)22-17(24)11-26-18-15-6-4-3-5-14(15)10-20-23-18/h3-10H,11H2,1-2H3,(H2,21,22,24,25). The van der Waals surface area contributed by atoms with Crippen molar-refractivity contribution < 1.29 is 9.59 Å². The van der Waals surface area contributed by atoms with Crippen LogP contribution in [0.3, 0.4) is 0 Å². The van der Waals surface area contributed by atoms with Crippen molar-refractivity contribution in [2.75, 3.05) is 11.1 Å². The SMILES string of the molecule is Cc1ccc(NC(=O)NC(=O)CSc2nncc3ccccc23)c(C)c1. The van der Waals surface area contributed by atoms with Gasteiger partial charge in [-0.15, -0.1) is 5.10 Å². The van der Waals surface area contributed by atoms with Gasteiger partial charge < -0.3 is 5.32 Å². The molecule has 0 unspecified atom stereocenters. The van der Waals surface area contributed by atoms with Crippen molar-refractivity contribution in [3.63, 3.8) is 0 Å². The summed E-state index contributed by atoms with van der Waals surface area (Å²) in [6.07, 6.45) is 1.68. The minimum atomic E-state index is -0.549. The molecule has 2 aromatic carbocycles. The number of fused-ring (bicyclic) bond motifs is 1. The molecule has 3 aromatic rings. The Labute approximate surface area is 155 Å². The van der Waals surface area contributed by atoms with Crippen LogP contribution in [0.2, 0.25) is 0 Å². The van der Waals surface area contributed by atoms with Crippen LogP contribution in [0.4, 0.5) is 10.5 Å². The normalized spacial score (nSPS) is 10.5. The van der Waals surface area contributed by atoms with Gasteiger partial charge in [-0.25, -0.2) is 4.79 Å². The summed E-state index contributed by atoms with van der Waals surface area (Å²) in [5.41, 5.74) is 2.72. The maximum absolute atomic E-state index is 12.1. The number of hydrogen-bond acceptors (Lipinski definition) is 5. The molecule has 3 amide bonds. The highest BCUT2D eigenvalue weighted by Crippen LogP contribution is 2.24. The average molecular weight is 366 g/mol. The number of benzene rings is 2. The minimum absolute atomic E-state index is 0.0724. The lowest BCUT2D eigenvalue weighted by Crippen LogP contribution is -2.35. The van der Waals surface area contributed by atoms with E-state index in [9.17, 15) is 9.59 Å². The fraction of sp³-hybridized carbons (Fsp3) is 0.158. The molecule has 0 fully saturated rings. The van der Waals surface area contributed by atoms with Crippen LogP contribution < -0.4 is 10.6 Å². The number of aromatic nitrogens is 2. The van der Waals surface area contributed by atoms with Gasteiger partial charge >= 0.3 is 6.03 Å². The first kappa shape index (κ1) is 17.9. The maximum atomic E-state index is 12.1. The van der Waals surface area contributed by atoms with Crippen LogP contribution in [-0.2, 0) is 4.79 Å². The molecule has 1 aromatic heterocycles. The van der Waals surface area contributed by atoms with E-state index in [0.717, 1.165) is 21.9 Å². The van der Waals surface area contributed by atoms with Crippen LogP contribution in [0.25, 0.3) is 10.8 Å². The molecule has 2 N–H and O–H groups in total. The number of rotatable bonds is 4. The molecule has 0 saturated heterocycles. The fourth-order valence-corrected chi connectivity index (χ4v) is 3.30. The molecule has 0 aliphatic carbocycles. The first-order valence-electron chi connectivity index (χ1n) is 8.04. The molecule has 6 nitrogen and oxygen atoms in total. The van der Waals surface area contributed by atoms with E-state index in [1.807, 2.05) is 56.3 Å². The van der Waals surface area contributed by atoms with Crippen LogP contribution in [0, 0.1) is 13.8 Å². The number of carbonyl (C=O) groups is 2.